The summed E-state index contributed by atoms with van der Waals surface area (Å²) in [6, 6.07) is 10.9. The zero-order chi connectivity index (χ0) is 19.4. The van der Waals surface area contributed by atoms with Crippen LogP contribution in [0.2, 0.25) is 0 Å². The summed E-state index contributed by atoms with van der Waals surface area (Å²) in [7, 11) is 0. The van der Waals surface area contributed by atoms with Gasteiger partial charge in [0.2, 0.25) is 5.89 Å². The van der Waals surface area contributed by atoms with E-state index in [9.17, 15) is 9.65 Å². The van der Waals surface area contributed by atoms with Gasteiger partial charge in [-0.15, -0.1) is 0 Å². The zero-order valence-electron chi connectivity index (χ0n) is 15.7. The Kier molecular flexibility index (Phi) is 9.04. The van der Waals surface area contributed by atoms with Crippen molar-refractivity contribution in [1.82, 2.24) is 9.88 Å². The number of halogens is 1. The average molecular weight is 556 g/mol. The van der Waals surface area contributed by atoms with Crippen molar-refractivity contribution in [3.8, 4) is 17.5 Å². The first-order valence-electron chi connectivity index (χ1n) is 8.88. The fourth-order valence-electron chi connectivity index (χ4n) is 3.42. The normalized spacial score (nSPS) is 13.5. The first kappa shape index (κ1) is 23.4. The Balaban J connectivity index is 0.000000906. The second kappa shape index (κ2) is 10.8. The summed E-state index contributed by atoms with van der Waals surface area (Å²) in [5.74, 6) is 0.0526. The number of hydrogen-bond acceptors (Lipinski definition) is 5. The molecule has 7 heteroatoms. The molecule has 0 amide bonds. The van der Waals surface area contributed by atoms with Crippen LogP contribution in [0.3, 0.4) is 0 Å². The maximum atomic E-state index is 13.8. The molecule has 3 aromatic rings. The van der Waals surface area contributed by atoms with Crippen LogP contribution in [-0.4, -0.2) is 29.2 Å². The Labute approximate surface area is 208 Å². The summed E-state index contributed by atoms with van der Waals surface area (Å²) in [5.41, 5.74) is 3.74. The second-order valence-electron chi connectivity index (χ2n) is 6.52. The summed E-state index contributed by atoms with van der Waals surface area (Å²) in [5, 5.41) is 9.49. The summed E-state index contributed by atoms with van der Waals surface area (Å²) in [6.07, 6.45) is 4.03. The number of hydrogen-bond donors (Lipinski definition) is 0. The second-order valence-corrected chi connectivity index (χ2v) is 6.52. The van der Waals surface area contributed by atoms with Gasteiger partial charge in [0, 0.05) is 59.0 Å². The van der Waals surface area contributed by atoms with Crippen LogP contribution in [0.1, 0.15) is 29.5 Å². The Morgan fingerprint density at radius 3 is 2.64 bits per heavy atom. The van der Waals surface area contributed by atoms with Crippen LogP contribution in [0, 0.1) is 71.0 Å². The van der Waals surface area contributed by atoms with E-state index >= 15 is 0 Å². The van der Waals surface area contributed by atoms with Crippen molar-refractivity contribution in [2.75, 3.05) is 19.3 Å². The molecule has 0 aliphatic carbocycles. The number of benzene rings is 2. The molecule has 0 N–H and O–H groups in total. The molecule has 1 saturated heterocycles. The van der Waals surface area contributed by atoms with E-state index in [1.165, 1.54) is 18.9 Å². The minimum absolute atomic E-state index is 0. The SMILES string of the molecule is C[S-].Cc1c(F)cccc1-c1nc2cc(CN3CCCC3)cc(C#N)c2o1.[Yb]. The van der Waals surface area contributed by atoms with Crippen LogP contribution in [0.15, 0.2) is 34.7 Å². The van der Waals surface area contributed by atoms with Crippen molar-refractivity contribution in [2.24, 2.45) is 0 Å². The van der Waals surface area contributed by atoms with Gasteiger partial charge in [-0.2, -0.15) is 11.5 Å². The number of rotatable bonds is 3. The number of nitriles is 1. The fourth-order valence-corrected chi connectivity index (χ4v) is 3.42. The van der Waals surface area contributed by atoms with Crippen LogP contribution in [0.25, 0.3) is 22.6 Å². The van der Waals surface area contributed by atoms with Crippen molar-refractivity contribution in [3.63, 3.8) is 0 Å². The fraction of sp³-hybridized carbons (Fsp3) is 0.333. The molecule has 154 valence electrons. The minimum atomic E-state index is -0.296. The number of aromatic nitrogens is 1. The maximum absolute atomic E-state index is 13.8. The summed E-state index contributed by atoms with van der Waals surface area (Å²) in [6.45, 7) is 4.69. The molecular weight excluding hydrogens is 534 g/mol. The summed E-state index contributed by atoms with van der Waals surface area (Å²) >= 11 is 4.08. The third-order valence-electron chi connectivity index (χ3n) is 4.77. The Morgan fingerprint density at radius 1 is 1.25 bits per heavy atom. The van der Waals surface area contributed by atoms with Gasteiger partial charge in [0.05, 0.1) is 5.56 Å². The van der Waals surface area contributed by atoms with Crippen molar-refractivity contribution in [1.29, 1.82) is 5.26 Å². The minimum Gasteiger partial charge on any atom is -0.796 e. The van der Waals surface area contributed by atoms with E-state index in [4.69, 9.17) is 4.42 Å². The van der Waals surface area contributed by atoms with Gasteiger partial charge in [-0.05, 0) is 68.2 Å². The molecule has 2 aromatic carbocycles. The molecule has 1 aliphatic heterocycles. The van der Waals surface area contributed by atoms with E-state index in [0.29, 0.717) is 33.7 Å². The van der Waals surface area contributed by atoms with Crippen LogP contribution in [0.4, 0.5) is 4.39 Å². The molecule has 0 spiro atoms. The van der Waals surface area contributed by atoms with Crippen molar-refractivity contribution in [3.05, 3.63) is 52.8 Å². The Bertz CT molecular complexity index is 993. The van der Waals surface area contributed by atoms with Gasteiger partial charge in [-0.1, -0.05) is 6.07 Å². The van der Waals surface area contributed by atoms with E-state index in [2.05, 4.69) is 28.6 Å². The first-order chi connectivity index (χ1) is 13.2. The van der Waals surface area contributed by atoms with Crippen LogP contribution in [-0.2, 0) is 19.2 Å². The number of fused-ring (bicyclic) bond motifs is 1. The third kappa shape index (κ3) is 5.01. The molecule has 0 atom stereocenters. The van der Waals surface area contributed by atoms with Gasteiger partial charge >= 0.3 is 0 Å². The predicted octanol–water partition coefficient (Wildman–Crippen LogP) is 4.57. The monoisotopic (exact) mass is 556 g/mol. The van der Waals surface area contributed by atoms with Crippen LogP contribution >= 0.6 is 0 Å². The molecule has 4 nitrogen and oxygen atoms in total. The molecule has 1 fully saturated rings. The number of likely N-dealkylation sites (tertiary alicyclic amines) is 1. The van der Waals surface area contributed by atoms with E-state index < -0.39 is 0 Å². The van der Waals surface area contributed by atoms with Crippen molar-refractivity contribution in [2.45, 2.75) is 26.3 Å². The van der Waals surface area contributed by atoms with Crippen molar-refractivity contribution < 1.29 is 55.7 Å². The molecular formula is C21H21FN3OSYb-. The maximum Gasteiger partial charge on any atom is 0.227 e. The number of oxazole rings is 1. The van der Waals surface area contributed by atoms with E-state index in [0.717, 1.165) is 25.2 Å². The molecule has 0 bridgehead atoms. The standard InChI is InChI=1S/C20H18FN3O.CH4S.Yb/c1-13-16(5-4-6-17(13)21)20-23-18-10-14(12-24-7-2-3-8-24)9-15(11-22)19(18)25-20;1-2;/h4-6,9-10H,2-3,7-8,12H2,1H3;2H,1H3;/p-1. The van der Waals surface area contributed by atoms with Gasteiger partial charge in [-0.3, -0.25) is 4.90 Å². The molecule has 1 aromatic heterocycles. The van der Waals surface area contributed by atoms with Gasteiger partial charge in [0.25, 0.3) is 0 Å². The Morgan fingerprint density at radius 2 is 1.96 bits per heavy atom. The van der Waals surface area contributed by atoms with Crippen LogP contribution < -0.4 is 0 Å². The van der Waals surface area contributed by atoms with Crippen LogP contribution in [0.5, 0.6) is 0 Å². The van der Waals surface area contributed by atoms with E-state index in [-0.39, 0.29) is 52.7 Å². The van der Waals surface area contributed by atoms with Gasteiger partial charge in [0.15, 0.2) is 5.58 Å². The third-order valence-corrected chi connectivity index (χ3v) is 4.77. The molecule has 4 rings (SSSR count). The molecule has 0 unspecified atom stereocenters. The molecule has 28 heavy (non-hydrogen) atoms. The summed E-state index contributed by atoms with van der Waals surface area (Å²) in [4.78, 5) is 6.90. The topological polar surface area (TPSA) is 53.1 Å². The molecule has 2 heterocycles. The smallest absolute Gasteiger partial charge is 0.227 e. The van der Waals surface area contributed by atoms with Gasteiger partial charge in [-0.25, -0.2) is 9.37 Å². The molecule has 1 aliphatic rings. The predicted molar refractivity (Wildman–Crippen MR) is 107 cm³/mol. The van der Waals surface area contributed by atoms with Crippen molar-refractivity contribution >= 4 is 23.7 Å². The largest absolute Gasteiger partial charge is 0.796 e. The van der Waals surface area contributed by atoms with E-state index in [1.54, 1.807) is 25.3 Å². The van der Waals surface area contributed by atoms with Gasteiger partial charge < -0.3 is 17.0 Å². The molecule has 0 saturated carbocycles. The molecule has 0 radical (unpaired) electrons. The average Bonchev–Trinajstić information content (AvgIpc) is 3.34. The summed E-state index contributed by atoms with van der Waals surface area (Å²) < 4.78 is 19.7. The zero-order valence-corrected chi connectivity index (χ0v) is 18.3. The van der Waals surface area contributed by atoms with E-state index in [1.807, 2.05) is 12.1 Å². The Hall–Kier alpha value is -0.841. The quantitative estimate of drug-likeness (QED) is 0.444. The first-order valence-corrected chi connectivity index (χ1v) is 9.69. The van der Waals surface area contributed by atoms with Gasteiger partial charge in [0.1, 0.15) is 17.4 Å². The number of nitrogens with zero attached hydrogens (tertiary/aromatic N) is 3.